The van der Waals surface area contributed by atoms with Crippen LogP contribution in [-0.4, -0.2) is 23.9 Å². The van der Waals surface area contributed by atoms with Crippen molar-refractivity contribution in [3.8, 4) is 0 Å². The van der Waals surface area contributed by atoms with Crippen LogP contribution in [0.25, 0.3) is 10.1 Å². The maximum absolute atomic E-state index is 12.9. The Hall–Kier alpha value is -1.06. The van der Waals surface area contributed by atoms with Gasteiger partial charge in [0.1, 0.15) is 4.88 Å². The first-order valence-corrected chi connectivity index (χ1v) is 9.25. The van der Waals surface area contributed by atoms with E-state index in [0.717, 1.165) is 48.9 Å². The van der Waals surface area contributed by atoms with Gasteiger partial charge in [0, 0.05) is 23.2 Å². The van der Waals surface area contributed by atoms with Crippen molar-refractivity contribution in [1.29, 1.82) is 0 Å². The minimum Gasteiger partial charge on any atom is -0.338 e. The minimum absolute atomic E-state index is 0.0887. The van der Waals surface area contributed by atoms with Crippen molar-refractivity contribution in [3.63, 3.8) is 0 Å². The molecule has 1 heterocycles. The molecule has 1 amide bonds. The Labute approximate surface area is 142 Å². The van der Waals surface area contributed by atoms with Gasteiger partial charge in [-0.2, -0.15) is 0 Å². The van der Waals surface area contributed by atoms with Crippen LogP contribution in [0.15, 0.2) is 18.2 Å². The topological polar surface area (TPSA) is 20.3 Å². The first-order valence-electron chi connectivity index (χ1n) is 8.06. The van der Waals surface area contributed by atoms with E-state index in [-0.39, 0.29) is 5.91 Å². The molecular formula is C18H24ClNOS. The second kappa shape index (κ2) is 7.98. The highest BCUT2D eigenvalue weighted by atomic mass is 35.5. The lowest BCUT2D eigenvalue weighted by Crippen LogP contribution is -2.32. The summed E-state index contributed by atoms with van der Waals surface area (Å²) >= 11 is 8.00. The van der Waals surface area contributed by atoms with Gasteiger partial charge in [-0.25, -0.2) is 0 Å². The molecule has 0 fully saturated rings. The van der Waals surface area contributed by atoms with Gasteiger partial charge in [-0.1, -0.05) is 50.4 Å². The fourth-order valence-corrected chi connectivity index (χ4v) is 4.04. The molecule has 0 N–H and O–H groups in total. The number of carbonyl (C=O) groups excluding carboxylic acids is 1. The summed E-state index contributed by atoms with van der Waals surface area (Å²) in [5.41, 5.74) is 1.19. The maximum atomic E-state index is 12.9. The van der Waals surface area contributed by atoms with E-state index in [0.29, 0.717) is 9.90 Å². The third-order valence-electron chi connectivity index (χ3n) is 3.83. The van der Waals surface area contributed by atoms with Crippen LogP contribution < -0.4 is 0 Å². The Balaban J connectivity index is 2.30. The standard InChI is InChI=1S/C18H24ClNOS/c1-4-6-10-20(11-7-5-2)18(21)17-16(19)14-9-8-13(3)12-15(14)22-17/h8-9,12H,4-7,10-11H2,1-3H3. The van der Waals surface area contributed by atoms with Crippen LogP contribution in [0.5, 0.6) is 0 Å². The van der Waals surface area contributed by atoms with Gasteiger partial charge >= 0.3 is 0 Å². The van der Waals surface area contributed by atoms with Crippen molar-refractivity contribution in [3.05, 3.63) is 33.7 Å². The SMILES string of the molecule is CCCCN(CCCC)C(=O)c1sc2cc(C)ccc2c1Cl. The Bertz CT molecular complexity index is 642. The summed E-state index contributed by atoms with van der Waals surface area (Å²) in [6, 6.07) is 6.16. The van der Waals surface area contributed by atoms with Crippen molar-refractivity contribution < 1.29 is 4.79 Å². The molecule has 1 aromatic carbocycles. The number of thiophene rings is 1. The minimum atomic E-state index is 0.0887. The number of rotatable bonds is 7. The molecule has 2 aromatic rings. The summed E-state index contributed by atoms with van der Waals surface area (Å²) < 4.78 is 1.10. The number of halogens is 1. The number of nitrogens with zero attached hydrogens (tertiary/aromatic N) is 1. The van der Waals surface area contributed by atoms with E-state index in [1.807, 2.05) is 17.0 Å². The molecule has 0 aliphatic heterocycles. The smallest absolute Gasteiger partial charge is 0.265 e. The molecule has 120 valence electrons. The van der Waals surface area contributed by atoms with Crippen molar-refractivity contribution in [2.24, 2.45) is 0 Å². The summed E-state index contributed by atoms with van der Waals surface area (Å²) in [6.45, 7) is 8.00. The Morgan fingerprint density at radius 1 is 1.18 bits per heavy atom. The van der Waals surface area contributed by atoms with E-state index in [2.05, 4.69) is 26.8 Å². The first kappa shape index (κ1) is 17.3. The number of unbranched alkanes of at least 4 members (excludes halogenated alkanes) is 2. The fourth-order valence-electron chi connectivity index (χ4n) is 2.47. The first-order chi connectivity index (χ1) is 10.6. The molecular weight excluding hydrogens is 314 g/mol. The van der Waals surface area contributed by atoms with Crippen LogP contribution in [0, 0.1) is 6.92 Å². The number of fused-ring (bicyclic) bond motifs is 1. The van der Waals surface area contributed by atoms with E-state index in [4.69, 9.17) is 11.6 Å². The Morgan fingerprint density at radius 2 is 1.82 bits per heavy atom. The van der Waals surface area contributed by atoms with Gasteiger partial charge in [0.2, 0.25) is 0 Å². The molecule has 0 radical (unpaired) electrons. The highest BCUT2D eigenvalue weighted by Crippen LogP contribution is 2.36. The molecule has 0 aliphatic carbocycles. The highest BCUT2D eigenvalue weighted by molar-refractivity contribution is 7.21. The molecule has 0 saturated carbocycles. The van der Waals surface area contributed by atoms with E-state index in [1.54, 1.807) is 0 Å². The van der Waals surface area contributed by atoms with Gasteiger partial charge in [-0.3, -0.25) is 4.79 Å². The third-order valence-corrected chi connectivity index (χ3v) is 5.47. The fraction of sp³-hybridized carbons (Fsp3) is 0.500. The number of aryl methyl sites for hydroxylation is 1. The van der Waals surface area contributed by atoms with Gasteiger partial charge in [0.15, 0.2) is 0 Å². The van der Waals surface area contributed by atoms with Gasteiger partial charge in [0.05, 0.1) is 5.02 Å². The average Bonchev–Trinajstić information content (AvgIpc) is 2.83. The molecule has 0 aliphatic rings. The zero-order valence-electron chi connectivity index (χ0n) is 13.6. The number of hydrogen-bond donors (Lipinski definition) is 0. The Kier molecular flexibility index (Phi) is 6.27. The van der Waals surface area contributed by atoms with Gasteiger partial charge in [0.25, 0.3) is 5.91 Å². The van der Waals surface area contributed by atoms with Crippen LogP contribution >= 0.6 is 22.9 Å². The summed E-state index contributed by atoms with van der Waals surface area (Å²) in [5.74, 6) is 0.0887. The van der Waals surface area contributed by atoms with Crippen LogP contribution in [0.3, 0.4) is 0 Å². The molecule has 0 bridgehead atoms. The van der Waals surface area contributed by atoms with Crippen LogP contribution in [-0.2, 0) is 0 Å². The molecule has 2 nitrogen and oxygen atoms in total. The predicted molar refractivity (Wildman–Crippen MR) is 97.3 cm³/mol. The summed E-state index contributed by atoms with van der Waals surface area (Å²) in [7, 11) is 0. The summed E-state index contributed by atoms with van der Waals surface area (Å²) in [6.07, 6.45) is 4.26. The van der Waals surface area contributed by atoms with E-state index in [9.17, 15) is 4.79 Å². The van der Waals surface area contributed by atoms with Crippen molar-refractivity contribution in [1.82, 2.24) is 4.90 Å². The van der Waals surface area contributed by atoms with Crippen LogP contribution in [0.2, 0.25) is 5.02 Å². The van der Waals surface area contributed by atoms with E-state index < -0.39 is 0 Å². The second-order valence-corrected chi connectivity index (χ2v) is 7.17. The predicted octanol–water partition coefficient (Wildman–Crippen LogP) is 5.91. The second-order valence-electron chi connectivity index (χ2n) is 5.74. The summed E-state index contributed by atoms with van der Waals surface area (Å²) in [5, 5.41) is 1.61. The lowest BCUT2D eigenvalue weighted by atomic mass is 10.2. The van der Waals surface area contributed by atoms with E-state index in [1.165, 1.54) is 16.9 Å². The van der Waals surface area contributed by atoms with Crippen molar-refractivity contribution in [2.75, 3.05) is 13.1 Å². The van der Waals surface area contributed by atoms with Crippen LogP contribution in [0.4, 0.5) is 0 Å². The Morgan fingerprint density at radius 3 is 2.41 bits per heavy atom. The van der Waals surface area contributed by atoms with E-state index >= 15 is 0 Å². The molecule has 0 spiro atoms. The molecule has 22 heavy (non-hydrogen) atoms. The average molecular weight is 338 g/mol. The summed E-state index contributed by atoms with van der Waals surface area (Å²) in [4.78, 5) is 15.5. The zero-order valence-corrected chi connectivity index (χ0v) is 15.2. The number of carbonyl (C=O) groups is 1. The number of benzene rings is 1. The molecule has 0 unspecified atom stereocenters. The number of hydrogen-bond acceptors (Lipinski definition) is 2. The lowest BCUT2D eigenvalue weighted by molar-refractivity contribution is 0.0756. The molecule has 0 atom stereocenters. The lowest BCUT2D eigenvalue weighted by Gasteiger charge is -2.21. The van der Waals surface area contributed by atoms with Gasteiger partial charge in [-0.05, 0) is 31.4 Å². The quantitative estimate of drug-likeness (QED) is 0.615. The maximum Gasteiger partial charge on any atom is 0.265 e. The highest BCUT2D eigenvalue weighted by Gasteiger charge is 2.22. The number of amides is 1. The molecule has 0 saturated heterocycles. The third kappa shape index (κ3) is 3.82. The molecule has 2 rings (SSSR count). The molecule has 4 heteroatoms. The van der Waals surface area contributed by atoms with Crippen LogP contribution in [0.1, 0.15) is 54.8 Å². The van der Waals surface area contributed by atoms with Gasteiger partial charge in [-0.15, -0.1) is 11.3 Å². The zero-order chi connectivity index (χ0) is 16.1. The normalized spacial score (nSPS) is 11.1. The largest absolute Gasteiger partial charge is 0.338 e. The molecule has 1 aromatic heterocycles. The van der Waals surface area contributed by atoms with Gasteiger partial charge < -0.3 is 4.90 Å². The van der Waals surface area contributed by atoms with Crippen molar-refractivity contribution in [2.45, 2.75) is 46.5 Å². The van der Waals surface area contributed by atoms with Crippen molar-refractivity contribution >= 4 is 38.9 Å². The monoisotopic (exact) mass is 337 g/mol.